The van der Waals surface area contributed by atoms with Crippen LogP contribution in [0.25, 0.3) is 11.1 Å². The summed E-state index contributed by atoms with van der Waals surface area (Å²) < 4.78 is 5.67. The summed E-state index contributed by atoms with van der Waals surface area (Å²) in [6.45, 7) is 6.67. The van der Waals surface area contributed by atoms with E-state index in [0.29, 0.717) is 31.6 Å². The maximum atomic E-state index is 13.1. The zero-order valence-electron chi connectivity index (χ0n) is 25.6. The Morgan fingerprint density at radius 2 is 1.55 bits per heavy atom. The molecule has 0 bridgehead atoms. The molecule has 2 N–H and O–H groups in total. The minimum absolute atomic E-state index is 0.0117. The van der Waals surface area contributed by atoms with Crippen LogP contribution in [0.3, 0.4) is 0 Å². The van der Waals surface area contributed by atoms with Crippen LogP contribution in [0.2, 0.25) is 0 Å². The molecule has 0 radical (unpaired) electrons. The highest BCUT2D eigenvalue weighted by Crippen LogP contribution is 2.44. The molecular weight excluding hydrogens is 599 g/mol. The number of fused-ring (bicyclic) bond motifs is 3. The third-order valence-electron chi connectivity index (χ3n) is 7.42. The molecule has 1 aliphatic carbocycles. The first-order valence-electron chi connectivity index (χ1n) is 15.1. The third-order valence-corrected chi connectivity index (χ3v) is 10.8. The van der Waals surface area contributed by atoms with Gasteiger partial charge in [0, 0.05) is 42.2 Å². The molecule has 1 saturated heterocycles. The van der Waals surface area contributed by atoms with Gasteiger partial charge in [0.05, 0.1) is 6.54 Å². The zero-order chi connectivity index (χ0) is 31.7. The minimum atomic E-state index is -0.775. The van der Waals surface area contributed by atoms with E-state index in [1.54, 1.807) is 10.8 Å². The molecule has 1 aliphatic heterocycles. The van der Waals surface area contributed by atoms with Crippen molar-refractivity contribution in [3.05, 3.63) is 59.7 Å². The second-order valence-corrected chi connectivity index (χ2v) is 15.2. The van der Waals surface area contributed by atoms with E-state index in [-0.39, 0.29) is 66.6 Å². The number of Topliss-reactive ketones (excluding diaryl/α,β-unsaturated/α-hetero) is 1. The Morgan fingerprint density at radius 1 is 0.932 bits per heavy atom. The largest absolute Gasteiger partial charge is 0.449 e. The lowest BCUT2D eigenvalue weighted by Gasteiger charge is -2.21. The summed E-state index contributed by atoms with van der Waals surface area (Å²) in [5.41, 5.74) is 4.53. The van der Waals surface area contributed by atoms with Gasteiger partial charge >= 0.3 is 6.09 Å². The number of amides is 4. The van der Waals surface area contributed by atoms with Crippen LogP contribution in [0.4, 0.5) is 4.79 Å². The van der Waals surface area contributed by atoms with Gasteiger partial charge in [-0.1, -0.05) is 97.3 Å². The summed E-state index contributed by atoms with van der Waals surface area (Å²) in [5, 5.41) is 5.67. The molecule has 2 aromatic carbocycles. The Hall–Kier alpha value is -3.31. The van der Waals surface area contributed by atoms with Gasteiger partial charge in [0.2, 0.25) is 17.7 Å². The van der Waals surface area contributed by atoms with Crippen LogP contribution in [-0.2, 0) is 23.9 Å². The fourth-order valence-corrected chi connectivity index (χ4v) is 7.72. The number of carbonyl (C=O) groups is 5. The summed E-state index contributed by atoms with van der Waals surface area (Å²) in [6, 6.07) is 15.5. The lowest BCUT2D eigenvalue weighted by atomic mass is 9.98. The molecule has 236 valence electrons. The van der Waals surface area contributed by atoms with Crippen LogP contribution < -0.4 is 10.6 Å². The topological polar surface area (TPSA) is 122 Å². The van der Waals surface area contributed by atoms with Crippen LogP contribution in [0.1, 0.15) is 76.3 Å². The molecule has 2 aliphatic rings. The van der Waals surface area contributed by atoms with E-state index in [1.165, 1.54) is 10.8 Å². The number of rotatable bonds is 15. The van der Waals surface area contributed by atoms with Crippen LogP contribution in [-0.4, -0.2) is 70.7 Å². The third kappa shape index (κ3) is 9.34. The number of likely N-dealkylation sites (tertiary alicyclic amines) is 1. The van der Waals surface area contributed by atoms with Crippen molar-refractivity contribution in [3.8, 4) is 11.1 Å². The first kappa shape index (κ1) is 33.6. The molecule has 4 amide bonds. The van der Waals surface area contributed by atoms with E-state index >= 15 is 0 Å². The van der Waals surface area contributed by atoms with Crippen molar-refractivity contribution < 1.29 is 28.7 Å². The lowest BCUT2D eigenvalue weighted by Crippen LogP contribution is -2.48. The fourth-order valence-electron chi connectivity index (χ4n) is 5.26. The van der Waals surface area contributed by atoms with Gasteiger partial charge in [-0.05, 0) is 35.1 Å². The molecule has 11 heteroatoms. The van der Waals surface area contributed by atoms with Crippen molar-refractivity contribution >= 4 is 51.2 Å². The Kier molecular flexibility index (Phi) is 11.9. The summed E-state index contributed by atoms with van der Waals surface area (Å²) >= 11 is 0. The standard InChI is InChI=1S/C33H41N3O6S2/c1-33(2,3)44-43-21-28(31(40)34-18-10-4-5-11-22(37)19-36-29(38)16-17-30(36)39)35-32(41)42-20-27-25-14-8-6-12-23(25)24-13-7-9-15-26(24)27/h6-9,12-15,27-28H,4-5,10-11,16-21H2,1-3H3,(H,34,40)(H,35,41). The van der Waals surface area contributed by atoms with Gasteiger partial charge in [-0.25, -0.2) is 4.79 Å². The molecule has 4 rings (SSSR count). The maximum absolute atomic E-state index is 13.1. The molecule has 44 heavy (non-hydrogen) atoms. The van der Waals surface area contributed by atoms with Crippen LogP contribution >= 0.6 is 21.6 Å². The number of ether oxygens (including phenoxy) is 1. The minimum Gasteiger partial charge on any atom is -0.449 e. The van der Waals surface area contributed by atoms with Gasteiger partial charge in [-0.2, -0.15) is 0 Å². The molecule has 1 fully saturated rings. The molecule has 0 spiro atoms. The van der Waals surface area contributed by atoms with E-state index in [2.05, 4.69) is 55.7 Å². The first-order valence-corrected chi connectivity index (χ1v) is 17.4. The number of carbonyl (C=O) groups excluding carboxylic acids is 5. The van der Waals surface area contributed by atoms with Gasteiger partial charge in [0.25, 0.3) is 0 Å². The number of alkyl carbamates (subject to hydrolysis) is 1. The Balaban J connectivity index is 1.23. The Labute approximate surface area is 267 Å². The molecule has 0 aromatic heterocycles. The van der Waals surface area contributed by atoms with Crippen LogP contribution in [0, 0.1) is 0 Å². The summed E-state index contributed by atoms with van der Waals surface area (Å²) in [7, 11) is 3.16. The monoisotopic (exact) mass is 639 g/mol. The SMILES string of the molecule is CC(C)(C)SSCC(NC(=O)OCC1c2ccccc2-c2ccccc21)C(=O)NCCCCCC(=O)CN1C(=O)CCC1=O. The van der Waals surface area contributed by atoms with Crippen molar-refractivity contribution in [2.24, 2.45) is 0 Å². The first-order chi connectivity index (χ1) is 21.0. The molecule has 9 nitrogen and oxygen atoms in total. The average molecular weight is 640 g/mol. The quantitative estimate of drug-likeness (QED) is 0.150. The molecular formula is C33H41N3O6S2. The number of nitrogens with one attached hydrogen (secondary N) is 2. The number of ketones is 1. The Bertz CT molecular complexity index is 1310. The van der Waals surface area contributed by atoms with E-state index in [0.717, 1.165) is 27.2 Å². The average Bonchev–Trinajstić information content (AvgIpc) is 3.48. The number of hydrogen-bond acceptors (Lipinski definition) is 8. The zero-order valence-corrected chi connectivity index (χ0v) is 27.2. The summed E-state index contributed by atoms with van der Waals surface area (Å²) in [5.74, 6) is -0.700. The van der Waals surface area contributed by atoms with Crippen molar-refractivity contribution in [1.82, 2.24) is 15.5 Å². The van der Waals surface area contributed by atoms with E-state index < -0.39 is 12.1 Å². The highest BCUT2D eigenvalue weighted by atomic mass is 33.1. The number of imide groups is 1. The second-order valence-electron chi connectivity index (χ2n) is 12.0. The summed E-state index contributed by atoms with van der Waals surface area (Å²) in [4.78, 5) is 62.6. The van der Waals surface area contributed by atoms with Crippen LogP contribution in [0.15, 0.2) is 48.5 Å². The molecule has 1 atom stereocenters. The number of hydrogen-bond donors (Lipinski definition) is 2. The van der Waals surface area contributed by atoms with Crippen molar-refractivity contribution in [3.63, 3.8) is 0 Å². The van der Waals surface area contributed by atoms with Crippen LogP contribution in [0.5, 0.6) is 0 Å². The molecule has 1 unspecified atom stereocenters. The van der Waals surface area contributed by atoms with E-state index in [1.807, 2.05) is 24.3 Å². The van der Waals surface area contributed by atoms with Gasteiger partial charge in [0.15, 0.2) is 5.78 Å². The van der Waals surface area contributed by atoms with E-state index in [9.17, 15) is 24.0 Å². The lowest BCUT2D eigenvalue weighted by molar-refractivity contribution is -0.141. The van der Waals surface area contributed by atoms with Crippen molar-refractivity contribution in [1.29, 1.82) is 0 Å². The van der Waals surface area contributed by atoms with Crippen molar-refractivity contribution in [2.45, 2.75) is 76.0 Å². The number of unbranched alkanes of at least 4 members (excludes halogenated alkanes) is 2. The Morgan fingerprint density at radius 3 is 2.16 bits per heavy atom. The molecule has 0 saturated carbocycles. The maximum Gasteiger partial charge on any atom is 0.407 e. The number of benzene rings is 2. The second kappa shape index (κ2) is 15.6. The highest BCUT2D eigenvalue weighted by Gasteiger charge is 2.31. The van der Waals surface area contributed by atoms with Gasteiger partial charge < -0.3 is 15.4 Å². The normalized spacial score (nSPS) is 15.1. The predicted octanol–water partition coefficient (Wildman–Crippen LogP) is 5.47. The predicted molar refractivity (Wildman–Crippen MR) is 174 cm³/mol. The smallest absolute Gasteiger partial charge is 0.407 e. The number of nitrogens with zero attached hydrogens (tertiary/aromatic N) is 1. The fraction of sp³-hybridized carbons (Fsp3) is 0.485. The summed E-state index contributed by atoms with van der Waals surface area (Å²) in [6.07, 6.45) is 1.95. The van der Waals surface area contributed by atoms with Crippen molar-refractivity contribution in [2.75, 3.05) is 25.4 Å². The molecule has 2 aromatic rings. The molecule has 1 heterocycles. The highest BCUT2D eigenvalue weighted by molar-refractivity contribution is 8.77. The van der Waals surface area contributed by atoms with Gasteiger partial charge in [-0.3, -0.25) is 24.1 Å². The van der Waals surface area contributed by atoms with Gasteiger partial charge in [0.1, 0.15) is 12.6 Å². The van der Waals surface area contributed by atoms with Gasteiger partial charge in [-0.15, -0.1) is 0 Å². The van der Waals surface area contributed by atoms with E-state index in [4.69, 9.17) is 4.74 Å².